The molecule has 1 aliphatic carbocycles. The number of nitrogens with zero attached hydrogens (tertiary/aromatic N) is 3. The minimum atomic E-state index is -0.793. The first-order valence-corrected chi connectivity index (χ1v) is 10.5. The number of carbonyl (C=O) groups is 2. The molecule has 2 aliphatic rings. The number of aromatic nitrogens is 2. The maximum Gasteiger partial charge on any atom is 0.233 e. The van der Waals surface area contributed by atoms with Crippen molar-refractivity contribution in [2.24, 2.45) is 5.92 Å². The van der Waals surface area contributed by atoms with Gasteiger partial charge >= 0.3 is 0 Å². The van der Waals surface area contributed by atoms with Crippen LogP contribution in [0.15, 0.2) is 67.1 Å². The van der Waals surface area contributed by atoms with Crippen LogP contribution in [0.25, 0.3) is 0 Å². The predicted molar refractivity (Wildman–Crippen MR) is 118 cm³/mol. The molecule has 3 aromatic rings. The summed E-state index contributed by atoms with van der Waals surface area (Å²) < 4.78 is 0.709. The van der Waals surface area contributed by atoms with Crippen molar-refractivity contribution >= 4 is 23.2 Å². The number of Topliss-reactive ketones (excluding diaryl/α,β-unsaturated/α-hetero) is 1. The van der Waals surface area contributed by atoms with E-state index < -0.39 is 5.92 Å². The standard InChI is InChI=1S/C25H20N4O3/c30-23-21-7-2-12-26-24(21)29(16-22(23)25(31)27-19-10-11-19)20-6-1-4-17(14-20)8-9-18-5-3-13-28(32)15-18/h1-7,12-15,19,22H,10-11,16H2,(H,27,31). The molecule has 2 aromatic heterocycles. The van der Waals surface area contributed by atoms with Crippen LogP contribution >= 0.6 is 0 Å². The van der Waals surface area contributed by atoms with E-state index in [2.05, 4.69) is 22.1 Å². The highest BCUT2D eigenvalue weighted by molar-refractivity contribution is 6.14. The smallest absolute Gasteiger partial charge is 0.233 e. The molecule has 3 heterocycles. The van der Waals surface area contributed by atoms with Gasteiger partial charge in [0, 0.05) is 36.1 Å². The minimum Gasteiger partial charge on any atom is -0.619 e. The van der Waals surface area contributed by atoms with E-state index in [4.69, 9.17) is 0 Å². The summed E-state index contributed by atoms with van der Waals surface area (Å²) in [6.07, 6.45) is 6.38. The summed E-state index contributed by atoms with van der Waals surface area (Å²) in [6, 6.07) is 14.6. The first-order chi connectivity index (χ1) is 15.6. The fraction of sp³-hybridized carbons (Fsp3) is 0.200. The summed E-state index contributed by atoms with van der Waals surface area (Å²) in [5.41, 5.74) is 2.59. The summed E-state index contributed by atoms with van der Waals surface area (Å²) >= 11 is 0. The van der Waals surface area contributed by atoms with Gasteiger partial charge in [0.1, 0.15) is 11.7 Å². The second-order valence-electron chi connectivity index (χ2n) is 7.94. The van der Waals surface area contributed by atoms with Crippen LogP contribution < -0.4 is 14.9 Å². The average Bonchev–Trinajstić information content (AvgIpc) is 3.62. The van der Waals surface area contributed by atoms with Gasteiger partial charge in [0.2, 0.25) is 5.91 Å². The van der Waals surface area contributed by atoms with Gasteiger partial charge in [0.25, 0.3) is 0 Å². The molecule has 1 saturated carbocycles. The molecule has 158 valence electrons. The van der Waals surface area contributed by atoms with Gasteiger partial charge in [-0.3, -0.25) is 9.59 Å². The normalized spacial score (nSPS) is 17.2. The second kappa shape index (κ2) is 8.16. The fourth-order valence-electron chi connectivity index (χ4n) is 3.73. The van der Waals surface area contributed by atoms with Gasteiger partial charge < -0.3 is 15.4 Å². The van der Waals surface area contributed by atoms with Crippen LogP contribution in [0.3, 0.4) is 0 Å². The first-order valence-electron chi connectivity index (χ1n) is 10.5. The lowest BCUT2D eigenvalue weighted by Gasteiger charge is -2.33. The summed E-state index contributed by atoms with van der Waals surface area (Å²) in [4.78, 5) is 32.1. The maximum atomic E-state index is 13.0. The minimum absolute atomic E-state index is 0.184. The van der Waals surface area contributed by atoms with E-state index in [0.29, 0.717) is 21.7 Å². The number of benzene rings is 1. The zero-order chi connectivity index (χ0) is 22.1. The van der Waals surface area contributed by atoms with Gasteiger partial charge in [-0.25, -0.2) is 4.98 Å². The molecular formula is C25H20N4O3. The van der Waals surface area contributed by atoms with E-state index in [1.165, 1.54) is 12.4 Å². The molecule has 0 bridgehead atoms. The SMILES string of the molecule is O=C(NC1CC1)C1CN(c2cccc(C#Cc3ccc[n+]([O-])c3)c2)c2ncccc2C1=O. The number of anilines is 2. The lowest BCUT2D eigenvalue weighted by atomic mass is 9.91. The largest absolute Gasteiger partial charge is 0.619 e. The third-order valence-corrected chi connectivity index (χ3v) is 5.51. The Hall–Kier alpha value is -4.18. The van der Waals surface area contributed by atoms with Crippen LogP contribution in [-0.4, -0.2) is 29.3 Å². The monoisotopic (exact) mass is 424 g/mol. The van der Waals surface area contributed by atoms with E-state index in [-0.39, 0.29) is 24.3 Å². The van der Waals surface area contributed by atoms with Crippen LogP contribution in [0.2, 0.25) is 0 Å². The molecule has 1 N–H and O–H groups in total. The average molecular weight is 424 g/mol. The Balaban J connectivity index is 1.48. The highest BCUT2D eigenvalue weighted by atomic mass is 16.5. The number of hydrogen-bond acceptors (Lipinski definition) is 5. The van der Waals surface area contributed by atoms with Gasteiger partial charge in [-0.15, -0.1) is 0 Å². The van der Waals surface area contributed by atoms with E-state index >= 15 is 0 Å². The maximum absolute atomic E-state index is 13.0. The molecule has 1 aromatic carbocycles. The summed E-state index contributed by atoms with van der Waals surface area (Å²) in [6.45, 7) is 0.215. The quantitative estimate of drug-likeness (QED) is 0.302. The second-order valence-corrected chi connectivity index (χ2v) is 7.94. The first kappa shape index (κ1) is 19.8. The van der Waals surface area contributed by atoms with Crippen molar-refractivity contribution in [1.29, 1.82) is 0 Å². The Morgan fingerprint density at radius 2 is 1.94 bits per heavy atom. The van der Waals surface area contributed by atoms with Gasteiger partial charge in [0.05, 0.1) is 11.1 Å². The van der Waals surface area contributed by atoms with Crippen LogP contribution in [0.5, 0.6) is 0 Å². The Labute approximate surface area is 185 Å². The molecule has 7 heteroatoms. The Morgan fingerprint density at radius 1 is 1.12 bits per heavy atom. The summed E-state index contributed by atoms with van der Waals surface area (Å²) in [5.74, 6) is 5.37. The van der Waals surface area contributed by atoms with E-state index in [1.54, 1.807) is 30.5 Å². The number of amides is 1. The molecular weight excluding hydrogens is 404 g/mol. The number of nitrogens with one attached hydrogen (secondary N) is 1. The van der Waals surface area contributed by atoms with Crippen LogP contribution in [0.1, 0.15) is 34.3 Å². The number of ketones is 1. The van der Waals surface area contributed by atoms with Crippen molar-refractivity contribution in [3.63, 3.8) is 0 Å². The molecule has 0 spiro atoms. The van der Waals surface area contributed by atoms with Crippen molar-refractivity contribution in [3.05, 3.63) is 89.0 Å². The van der Waals surface area contributed by atoms with Gasteiger partial charge in [-0.05, 0) is 49.2 Å². The zero-order valence-electron chi connectivity index (χ0n) is 17.2. The van der Waals surface area contributed by atoms with Crippen molar-refractivity contribution in [2.45, 2.75) is 18.9 Å². The molecule has 32 heavy (non-hydrogen) atoms. The third-order valence-electron chi connectivity index (χ3n) is 5.51. The van der Waals surface area contributed by atoms with E-state index in [0.717, 1.165) is 24.1 Å². The Morgan fingerprint density at radius 3 is 2.75 bits per heavy atom. The summed E-state index contributed by atoms with van der Waals surface area (Å²) in [7, 11) is 0. The molecule has 0 saturated heterocycles. The van der Waals surface area contributed by atoms with E-state index in [9.17, 15) is 14.8 Å². The number of hydrogen-bond donors (Lipinski definition) is 1. The molecule has 1 fully saturated rings. The van der Waals surface area contributed by atoms with Crippen molar-refractivity contribution in [1.82, 2.24) is 10.3 Å². The molecule has 7 nitrogen and oxygen atoms in total. The lowest BCUT2D eigenvalue weighted by Crippen LogP contribution is -2.46. The Kier molecular flexibility index (Phi) is 5.04. The van der Waals surface area contributed by atoms with Crippen LogP contribution in [0.4, 0.5) is 11.5 Å². The molecule has 1 atom stereocenters. The lowest BCUT2D eigenvalue weighted by molar-refractivity contribution is -0.605. The number of pyridine rings is 2. The molecule has 0 radical (unpaired) electrons. The third kappa shape index (κ3) is 4.03. The molecule has 5 rings (SSSR count). The number of rotatable bonds is 3. The van der Waals surface area contributed by atoms with Crippen molar-refractivity contribution in [2.75, 3.05) is 11.4 Å². The van der Waals surface area contributed by atoms with Crippen LogP contribution in [-0.2, 0) is 4.79 Å². The number of carbonyl (C=O) groups excluding carboxylic acids is 2. The van der Waals surface area contributed by atoms with Crippen molar-refractivity contribution in [3.8, 4) is 11.8 Å². The van der Waals surface area contributed by atoms with Gasteiger partial charge in [-0.2, -0.15) is 4.73 Å². The van der Waals surface area contributed by atoms with Crippen molar-refractivity contribution < 1.29 is 14.3 Å². The number of fused-ring (bicyclic) bond motifs is 1. The zero-order valence-corrected chi connectivity index (χ0v) is 17.2. The summed E-state index contributed by atoms with van der Waals surface area (Å²) in [5, 5.41) is 14.4. The Bertz CT molecular complexity index is 1270. The van der Waals surface area contributed by atoms with Crippen LogP contribution in [0, 0.1) is 23.0 Å². The molecule has 1 amide bonds. The highest BCUT2D eigenvalue weighted by Gasteiger charge is 2.39. The van der Waals surface area contributed by atoms with Gasteiger partial charge in [-0.1, -0.05) is 17.9 Å². The molecule has 1 aliphatic heterocycles. The molecule has 1 unspecified atom stereocenters. The topological polar surface area (TPSA) is 89.2 Å². The van der Waals surface area contributed by atoms with Gasteiger partial charge in [0.15, 0.2) is 18.2 Å². The highest BCUT2D eigenvalue weighted by Crippen LogP contribution is 2.34. The fourth-order valence-corrected chi connectivity index (χ4v) is 3.73. The van der Waals surface area contributed by atoms with E-state index in [1.807, 2.05) is 29.2 Å². The predicted octanol–water partition coefficient (Wildman–Crippen LogP) is 2.34.